The quantitative estimate of drug-likeness (QED) is 0.160. The maximum Gasteiger partial charge on any atom is 0.252 e. The summed E-state index contributed by atoms with van der Waals surface area (Å²) in [5.74, 6) is 0. The number of para-hydroxylation sites is 1. The lowest BCUT2D eigenvalue weighted by molar-refractivity contribution is 0.195. The van der Waals surface area contributed by atoms with Crippen molar-refractivity contribution in [3.63, 3.8) is 0 Å². The number of fused-ring (bicyclic) bond motifs is 8. The third kappa shape index (κ3) is 5.96. The highest BCUT2D eigenvalue weighted by Gasteiger charge is 2.61. The van der Waals surface area contributed by atoms with E-state index in [1.807, 2.05) is 0 Å². The zero-order chi connectivity index (χ0) is 45.3. The van der Waals surface area contributed by atoms with Crippen molar-refractivity contribution in [2.24, 2.45) is 0 Å². The molecule has 1 aliphatic carbocycles. The largest absolute Gasteiger partial charge is 0.335 e. The van der Waals surface area contributed by atoms with Crippen molar-refractivity contribution >= 4 is 79.4 Å². The minimum absolute atomic E-state index is 0.00121. The number of rotatable bonds is 5. The van der Waals surface area contributed by atoms with Gasteiger partial charge >= 0.3 is 0 Å². The fourth-order valence-electron chi connectivity index (χ4n) is 12.5. The maximum absolute atomic E-state index is 2.84. The predicted molar refractivity (Wildman–Crippen MR) is 284 cm³/mol. The molecule has 12 rings (SSSR count). The number of anilines is 8. The van der Waals surface area contributed by atoms with Gasteiger partial charge in [-0.3, -0.25) is 0 Å². The number of nitrogens with zero attached hydrogens (tertiary/aromatic N) is 3. The molecule has 4 aliphatic rings. The van der Waals surface area contributed by atoms with Gasteiger partial charge in [-0.15, -0.1) is 0 Å². The van der Waals surface area contributed by atoms with Crippen LogP contribution in [-0.2, 0) is 16.2 Å². The molecule has 3 nitrogen and oxygen atoms in total. The van der Waals surface area contributed by atoms with E-state index in [2.05, 4.69) is 240 Å². The standard InChI is InChI=1S/C62H60BN3/c1-59(2,3)43-29-31-46(32-30-43)64(47-24-16-21-42(37-47)50-26-17-20-41-19-12-13-25-49(41)50)48-33-34-52-56(40-48)65(45-22-10-9-11-23-45)54-27-18-28-55-57(54)63(52)53-39-44(60(4,5)6)38-51-58(53)66(55)62(8)36-15-14-35-61(51,62)7/h9-13,16-34,37-40H,14-15,35-36H2,1-8H3. The van der Waals surface area contributed by atoms with Gasteiger partial charge < -0.3 is 14.7 Å². The molecule has 3 aliphatic heterocycles. The van der Waals surface area contributed by atoms with Crippen LogP contribution in [0.15, 0.2) is 170 Å². The van der Waals surface area contributed by atoms with Crippen molar-refractivity contribution in [2.75, 3.05) is 14.7 Å². The first-order valence-corrected chi connectivity index (χ1v) is 24.3. The first-order chi connectivity index (χ1) is 31.7. The van der Waals surface area contributed by atoms with Crippen molar-refractivity contribution in [1.29, 1.82) is 0 Å². The van der Waals surface area contributed by atoms with Crippen LogP contribution in [0.1, 0.15) is 97.8 Å². The number of hydrogen-bond donors (Lipinski definition) is 0. The SMILES string of the molecule is CC(C)(C)c1ccc(N(c2cccc(-c3cccc4ccccc34)c2)c2ccc3c(c2)N(c2ccccc2)c2cccc4c2B3c2cc(C(C)(C)C)cc3c2N4C2(C)CCCCC32C)cc1. The molecule has 2 unspecified atom stereocenters. The summed E-state index contributed by atoms with van der Waals surface area (Å²) in [6, 6.07) is 64.7. The Labute approximate surface area is 392 Å². The number of benzene rings is 8. The van der Waals surface area contributed by atoms with Crippen LogP contribution in [0.5, 0.6) is 0 Å². The molecule has 0 amide bonds. The van der Waals surface area contributed by atoms with Gasteiger partial charge in [0.15, 0.2) is 0 Å². The van der Waals surface area contributed by atoms with Gasteiger partial charge in [-0.2, -0.15) is 0 Å². The normalized spacial score (nSPS) is 19.3. The molecule has 0 radical (unpaired) electrons. The Kier molecular flexibility index (Phi) is 8.99. The molecule has 66 heavy (non-hydrogen) atoms. The molecular formula is C62H60BN3. The predicted octanol–water partition coefficient (Wildman–Crippen LogP) is 14.9. The van der Waals surface area contributed by atoms with Crippen molar-refractivity contribution in [3.8, 4) is 11.1 Å². The minimum Gasteiger partial charge on any atom is -0.335 e. The molecule has 2 atom stereocenters. The van der Waals surface area contributed by atoms with Gasteiger partial charge in [0.2, 0.25) is 0 Å². The summed E-state index contributed by atoms with van der Waals surface area (Å²) >= 11 is 0. The summed E-state index contributed by atoms with van der Waals surface area (Å²) < 4.78 is 0. The zero-order valence-corrected chi connectivity index (χ0v) is 39.9. The van der Waals surface area contributed by atoms with Gasteiger partial charge in [0.1, 0.15) is 0 Å². The van der Waals surface area contributed by atoms with E-state index >= 15 is 0 Å². The average Bonchev–Trinajstić information content (AvgIpc) is 3.53. The molecule has 0 bridgehead atoms. The van der Waals surface area contributed by atoms with Crippen LogP contribution in [0.3, 0.4) is 0 Å². The smallest absolute Gasteiger partial charge is 0.252 e. The van der Waals surface area contributed by atoms with E-state index in [4.69, 9.17) is 0 Å². The third-order valence-electron chi connectivity index (χ3n) is 16.3. The summed E-state index contributed by atoms with van der Waals surface area (Å²) in [5, 5.41) is 2.51. The van der Waals surface area contributed by atoms with Crippen LogP contribution < -0.4 is 31.1 Å². The van der Waals surface area contributed by atoms with Crippen molar-refractivity contribution < 1.29 is 0 Å². The first-order valence-electron chi connectivity index (χ1n) is 24.3. The molecule has 0 aromatic heterocycles. The van der Waals surface area contributed by atoms with Crippen molar-refractivity contribution in [1.82, 2.24) is 0 Å². The topological polar surface area (TPSA) is 9.72 Å². The third-order valence-corrected chi connectivity index (χ3v) is 16.3. The van der Waals surface area contributed by atoms with E-state index in [9.17, 15) is 0 Å². The highest BCUT2D eigenvalue weighted by Crippen LogP contribution is 2.62. The fourth-order valence-corrected chi connectivity index (χ4v) is 12.5. The lowest BCUT2D eigenvalue weighted by Crippen LogP contribution is -2.64. The van der Waals surface area contributed by atoms with Crippen LogP contribution >= 0.6 is 0 Å². The molecule has 0 spiro atoms. The van der Waals surface area contributed by atoms with E-state index in [1.54, 1.807) is 5.56 Å². The Balaban J connectivity index is 1.11. The van der Waals surface area contributed by atoms with Crippen LogP contribution in [0, 0.1) is 0 Å². The molecule has 8 aromatic carbocycles. The molecule has 1 saturated carbocycles. The van der Waals surface area contributed by atoms with Gasteiger partial charge in [-0.1, -0.05) is 171 Å². The van der Waals surface area contributed by atoms with Crippen LogP contribution in [0.2, 0.25) is 0 Å². The first kappa shape index (κ1) is 41.0. The highest BCUT2D eigenvalue weighted by molar-refractivity contribution is 7.00. The molecule has 8 aromatic rings. The van der Waals surface area contributed by atoms with Gasteiger partial charge in [0.25, 0.3) is 6.71 Å². The summed E-state index contributed by atoms with van der Waals surface area (Å²) in [6.07, 6.45) is 4.94. The van der Waals surface area contributed by atoms with E-state index in [1.165, 1.54) is 104 Å². The Hall–Kier alpha value is -6.52. The Morgan fingerprint density at radius 1 is 0.530 bits per heavy atom. The fraction of sp³-hybridized carbons (Fsp3) is 0.258. The Bertz CT molecular complexity index is 3220. The van der Waals surface area contributed by atoms with E-state index in [-0.39, 0.29) is 28.5 Å². The van der Waals surface area contributed by atoms with Gasteiger partial charge in [0, 0.05) is 50.9 Å². The number of hydrogen-bond acceptors (Lipinski definition) is 3. The van der Waals surface area contributed by atoms with Gasteiger partial charge in [0.05, 0.1) is 5.54 Å². The second-order valence-corrected chi connectivity index (χ2v) is 22.1. The Morgan fingerprint density at radius 2 is 1.20 bits per heavy atom. The summed E-state index contributed by atoms with van der Waals surface area (Å²) in [4.78, 5) is 7.88. The van der Waals surface area contributed by atoms with Gasteiger partial charge in [-0.25, -0.2) is 0 Å². The monoisotopic (exact) mass is 857 g/mol. The lowest BCUT2D eigenvalue weighted by Gasteiger charge is -2.52. The second-order valence-electron chi connectivity index (χ2n) is 22.1. The summed E-state index contributed by atoms with van der Waals surface area (Å²) in [5.41, 5.74) is 21.0. The summed E-state index contributed by atoms with van der Waals surface area (Å²) in [7, 11) is 0. The maximum atomic E-state index is 2.84. The zero-order valence-electron chi connectivity index (χ0n) is 39.9. The molecule has 3 heterocycles. The molecule has 0 N–H and O–H groups in total. The van der Waals surface area contributed by atoms with Crippen LogP contribution in [0.25, 0.3) is 21.9 Å². The van der Waals surface area contributed by atoms with Crippen LogP contribution in [-0.4, -0.2) is 12.3 Å². The molecule has 0 saturated heterocycles. The van der Waals surface area contributed by atoms with E-state index in [0.29, 0.717) is 0 Å². The average molecular weight is 858 g/mol. The summed E-state index contributed by atoms with van der Waals surface area (Å²) in [6.45, 7) is 19.3. The lowest BCUT2D eigenvalue weighted by atomic mass is 9.33. The molecule has 1 fully saturated rings. The Morgan fingerprint density at radius 3 is 1.98 bits per heavy atom. The van der Waals surface area contributed by atoms with E-state index in [0.717, 1.165) is 17.1 Å². The van der Waals surface area contributed by atoms with Gasteiger partial charge in [-0.05, 0) is 146 Å². The second kappa shape index (κ2) is 14.5. The molecule has 326 valence electrons. The van der Waals surface area contributed by atoms with Crippen molar-refractivity contribution in [2.45, 2.75) is 103 Å². The molecular weight excluding hydrogens is 798 g/mol. The van der Waals surface area contributed by atoms with Crippen LogP contribution in [0.4, 0.5) is 45.5 Å². The van der Waals surface area contributed by atoms with E-state index < -0.39 is 0 Å². The highest BCUT2D eigenvalue weighted by atomic mass is 15.3. The van der Waals surface area contributed by atoms with Crippen molar-refractivity contribution in [3.05, 3.63) is 187 Å². The molecule has 4 heteroatoms. The minimum atomic E-state index is -0.0236.